The van der Waals surface area contributed by atoms with Crippen LogP contribution >= 0.6 is 11.6 Å². The summed E-state index contributed by atoms with van der Waals surface area (Å²) in [6.45, 7) is 5.31. The molecule has 0 aliphatic heterocycles. The van der Waals surface area contributed by atoms with Crippen LogP contribution in [0.25, 0.3) is 0 Å². The Morgan fingerprint density at radius 2 is 1.68 bits per heavy atom. The molecule has 1 fully saturated rings. The van der Waals surface area contributed by atoms with Gasteiger partial charge in [0.15, 0.2) is 0 Å². The zero-order valence-corrected chi connectivity index (χ0v) is 27.5. The molecule has 8 nitrogen and oxygen atoms in total. The van der Waals surface area contributed by atoms with Crippen molar-refractivity contribution in [1.29, 1.82) is 0 Å². The van der Waals surface area contributed by atoms with Crippen LogP contribution < -0.4 is 14.4 Å². The van der Waals surface area contributed by atoms with E-state index in [2.05, 4.69) is 5.32 Å². The van der Waals surface area contributed by atoms with Crippen LogP contribution in [0.15, 0.2) is 71.6 Å². The minimum Gasteiger partial charge on any atom is -0.497 e. The minimum atomic E-state index is -4.18. The van der Waals surface area contributed by atoms with Crippen molar-refractivity contribution in [2.45, 2.75) is 82.8 Å². The van der Waals surface area contributed by atoms with E-state index in [0.29, 0.717) is 22.9 Å². The zero-order chi connectivity index (χ0) is 31.9. The Balaban J connectivity index is 1.73. The van der Waals surface area contributed by atoms with E-state index in [1.807, 2.05) is 51.1 Å². The number of hydrogen-bond donors (Lipinski definition) is 1. The molecule has 0 aromatic heterocycles. The average Bonchev–Trinajstić information content (AvgIpc) is 3.01. The van der Waals surface area contributed by atoms with Gasteiger partial charge in [-0.1, -0.05) is 56.0 Å². The normalized spacial score (nSPS) is 14.5. The number of halogens is 1. The Morgan fingerprint density at radius 3 is 2.32 bits per heavy atom. The Bertz CT molecular complexity index is 1560. The fraction of sp³-hybridized carbons (Fsp3) is 0.412. The Labute approximate surface area is 266 Å². The minimum absolute atomic E-state index is 0.00866. The van der Waals surface area contributed by atoms with E-state index in [4.69, 9.17) is 16.3 Å². The fourth-order valence-corrected chi connectivity index (χ4v) is 7.11. The van der Waals surface area contributed by atoms with Crippen LogP contribution in [0.5, 0.6) is 5.75 Å². The second kappa shape index (κ2) is 14.9. The van der Waals surface area contributed by atoms with Gasteiger partial charge in [0.1, 0.15) is 18.3 Å². The summed E-state index contributed by atoms with van der Waals surface area (Å²) in [5.41, 5.74) is 3.00. The molecule has 236 valence electrons. The lowest BCUT2D eigenvalue weighted by molar-refractivity contribution is -0.140. The van der Waals surface area contributed by atoms with Crippen LogP contribution in [0.3, 0.4) is 0 Å². The predicted octanol–water partition coefficient (Wildman–Crippen LogP) is 6.42. The van der Waals surface area contributed by atoms with Crippen molar-refractivity contribution in [2.24, 2.45) is 0 Å². The molecule has 1 atom stereocenters. The van der Waals surface area contributed by atoms with Gasteiger partial charge < -0.3 is 15.0 Å². The van der Waals surface area contributed by atoms with Crippen LogP contribution in [-0.4, -0.2) is 50.9 Å². The first-order valence-electron chi connectivity index (χ1n) is 15.1. The monoisotopic (exact) mass is 639 g/mol. The number of hydrogen-bond acceptors (Lipinski definition) is 5. The van der Waals surface area contributed by atoms with Gasteiger partial charge in [0.05, 0.1) is 17.7 Å². The Hall–Kier alpha value is -3.56. The van der Waals surface area contributed by atoms with Gasteiger partial charge >= 0.3 is 0 Å². The fourth-order valence-electron chi connectivity index (χ4n) is 5.57. The Kier molecular flexibility index (Phi) is 11.3. The topological polar surface area (TPSA) is 96.0 Å². The van der Waals surface area contributed by atoms with Crippen LogP contribution in [-0.2, 0) is 26.2 Å². The van der Waals surface area contributed by atoms with E-state index >= 15 is 0 Å². The summed E-state index contributed by atoms with van der Waals surface area (Å²) in [5, 5.41) is 3.57. The highest BCUT2D eigenvalue weighted by Gasteiger charge is 2.34. The van der Waals surface area contributed by atoms with Gasteiger partial charge in [-0.2, -0.15) is 0 Å². The number of carbonyl (C=O) groups excluding carboxylic acids is 2. The van der Waals surface area contributed by atoms with Crippen LogP contribution in [0.4, 0.5) is 5.69 Å². The summed E-state index contributed by atoms with van der Waals surface area (Å²) < 4.78 is 34.7. The largest absolute Gasteiger partial charge is 0.497 e. The highest BCUT2D eigenvalue weighted by Crippen LogP contribution is 2.28. The van der Waals surface area contributed by atoms with E-state index in [1.165, 1.54) is 29.2 Å². The smallest absolute Gasteiger partial charge is 0.264 e. The van der Waals surface area contributed by atoms with E-state index in [9.17, 15) is 18.0 Å². The molecule has 0 radical (unpaired) electrons. The molecule has 3 aromatic rings. The maximum absolute atomic E-state index is 14.4. The van der Waals surface area contributed by atoms with Gasteiger partial charge in [-0.3, -0.25) is 13.9 Å². The molecule has 3 aromatic carbocycles. The lowest BCUT2D eigenvalue weighted by Crippen LogP contribution is -2.54. The first-order valence-corrected chi connectivity index (χ1v) is 16.9. The van der Waals surface area contributed by atoms with Crippen molar-refractivity contribution in [1.82, 2.24) is 10.2 Å². The van der Waals surface area contributed by atoms with Crippen molar-refractivity contribution < 1.29 is 22.7 Å². The van der Waals surface area contributed by atoms with E-state index in [-0.39, 0.29) is 23.4 Å². The molecule has 2 amide bonds. The molecule has 1 N–H and O–H groups in total. The summed E-state index contributed by atoms with van der Waals surface area (Å²) in [6, 6.07) is 17.7. The highest BCUT2D eigenvalue weighted by molar-refractivity contribution is 7.92. The van der Waals surface area contributed by atoms with Crippen molar-refractivity contribution in [3.05, 3.63) is 88.4 Å². The second-order valence-electron chi connectivity index (χ2n) is 11.4. The van der Waals surface area contributed by atoms with E-state index < -0.39 is 28.5 Å². The quantitative estimate of drug-likeness (QED) is 0.247. The van der Waals surface area contributed by atoms with Crippen LogP contribution in [0.1, 0.15) is 62.1 Å². The number of anilines is 1. The third-order valence-corrected chi connectivity index (χ3v) is 10.3. The maximum Gasteiger partial charge on any atom is 0.264 e. The summed E-state index contributed by atoms with van der Waals surface area (Å²) in [4.78, 5) is 29.6. The van der Waals surface area contributed by atoms with Crippen molar-refractivity contribution in [3.8, 4) is 5.75 Å². The number of carbonyl (C=O) groups is 2. The third kappa shape index (κ3) is 8.12. The number of nitrogens with zero attached hydrogens (tertiary/aromatic N) is 2. The van der Waals surface area contributed by atoms with Gasteiger partial charge in [0.2, 0.25) is 11.8 Å². The molecule has 0 heterocycles. The van der Waals surface area contributed by atoms with Gasteiger partial charge in [0.25, 0.3) is 10.0 Å². The lowest BCUT2D eigenvalue weighted by Gasteiger charge is -2.34. The standard InChI is InChI=1S/C34H42ClN3O5S/c1-5-32(34(40)36-28-11-7-6-8-12-28)37(22-26-10-9-13-30(21-26)43-4)33(39)23-38(29-17-14-24(2)25(3)20-29)44(41,42)31-18-15-27(35)16-19-31/h9-10,13-21,28,32H,5-8,11-12,22-23H2,1-4H3,(H,36,40)/t32-/m1/s1. The SMILES string of the molecule is CC[C@H](C(=O)NC1CCCCC1)N(Cc1cccc(OC)c1)C(=O)CN(c1ccc(C)c(C)c1)S(=O)(=O)c1ccc(Cl)cc1. The van der Waals surface area contributed by atoms with Gasteiger partial charge in [-0.15, -0.1) is 0 Å². The summed E-state index contributed by atoms with van der Waals surface area (Å²) in [7, 11) is -2.61. The highest BCUT2D eigenvalue weighted by atomic mass is 35.5. The molecular formula is C34H42ClN3O5S. The number of benzene rings is 3. The van der Waals surface area contributed by atoms with Crippen molar-refractivity contribution >= 4 is 39.1 Å². The number of rotatable bonds is 12. The van der Waals surface area contributed by atoms with E-state index in [0.717, 1.165) is 53.1 Å². The average molecular weight is 640 g/mol. The third-order valence-electron chi connectivity index (χ3n) is 8.28. The predicted molar refractivity (Wildman–Crippen MR) is 175 cm³/mol. The van der Waals surface area contributed by atoms with E-state index in [1.54, 1.807) is 19.2 Å². The number of aryl methyl sites for hydroxylation is 2. The lowest BCUT2D eigenvalue weighted by atomic mass is 9.95. The number of sulfonamides is 1. The molecule has 1 saturated carbocycles. The first kappa shape index (κ1) is 33.3. The van der Waals surface area contributed by atoms with Gasteiger partial charge in [0, 0.05) is 17.6 Å². The first-order chi connectivity index (χ1) is 21.0. The number of methoxy groups -OCH3 is 1. The molecule has 0 unspecified atom stereocenters. The molecule has 1 aliphatic carbocycles. The maximum atomic E-state index is 14.4. The number of amides is 2. The number of nitrogens with one attached hydrogen (secondary N) is 1. The molecule has 1 aliphatic rings. The molecule has 0 saturated heterocycles. The molecule has 0 bridgehead atoms. The van der Waals surface area contributed by atoms with Gasteiger partial charge in [-0.05, 0) is 98.3 Å². The van der Waals surface area contributed by atoms with Crippen LogP contribution in [0.2, 0.25) is 5.02 Å². The molecule has 0 spiro atoms. The molecule has 44 heavy (non-hydrogen) atoms. The van der Waals surface area contributed by atoms with Crippen LogP contribution in [0, 0.1) is 13.8 Å². The molecule has 10 heteroatoms. The zero-order valence-electron chi connectivity index (χ0n) is 25.9. The van der Waals surface area contributed by atoms with Crippen molar-refractivity contribution in [2.75, 3.05) is 18.0 Å². The number of ether oxygens (including phenoxy) is 1. The molecular weight excluding hydrogens is 598 g/mol. The Morgan fingerprint density at radius 1 is 0.977 bits per heavy atom. The molecule has 4 rings (SSSR count). The van der Waals surface area contributed by atoms with Crippen molar-refractivity contribution in [3.63, 3.8) is 0 Å². The summed E-state index contributed by atoms with van der Waals surface area (Å²) in [5.74, 6) is -0.0974. The summed E-state index contributed by atoms with van der Waals surface area (Å²) >= 11 is 6.06. The second-order valence-corrected chi connectivity index (χ2v) is 13.7. The van der Waals surface area contributed by atoms with Gasteiger partial charge in [-0.25, -0.2) is 8.42 Å². The summed E-state index contributed by atoms with van der Waals surface area (Å²) in [6.07, 6.45) is 5.45.